The summed E-state index contributed by atoms with van der Waals surface area (Å²) in [6.07, 6.45) is -3.46. The fourth-order valence-corrected chi connectivity index (χ4v) is 2.41. The number of carbonyl (C=O) groups is 2. The molecule has 0 fully saturated rings. The van der Waals surface area contributed by atoms with Crippen LogP contribution in [0.4, 0.5) is 24.5 Å². The zero-order valence-electron chi connectivity index (χ0n) is 14.9. The summed E-state index contributed by atoms with van der Waals surface area (Å²) in [6.45, 7) is 1.36. The molecule has 0 spiro atoms. The minimum absolute atomic E-state index is 0.0864. The van der Waals surface area contributed by atoms with Crippen LogP contribution in [0.25, 0.3) is 0 Å². The lowest BCUT2D eigenvalue weighted by Gasteiger charge is -2.12. The first-order valence-electron chi connectivity index (χ1n) is 8.38. The molecule has 0 saturated heterocycles. The van der Waals surface area contributed by atoms with Gasteiger partial charge in [-0.15, -0.1) is 0 Å². The van der Waals surface area contributed by atoms with Crippen LogP contribution in [0.2, 0.25) is 5.02 Å². The Bertz CT molecular complexity index is 857. The smallest absolute Gasteiger partial charge is 0.416 e. The van der Waals surface area contributed by atoms with E-state index in [1.165, 1.54) is 24.3 Å². The van der Waals surface area contributed by atoms with E-state index >= 15 is 0 Å². The summed E-state index contributed by atoms with van der Waals surface area (Å²) in [7, 11) is 0. The van der Waals surface area contributed by atoms with Gasteiger partial charge in [-0.2, -0.15) is 13.2 Å². The summed E-state index contributed by atoms with van der Waals surface area (Å²) in [5.41, 5.74) is -0.172. The van der Waals surface area contributed by atoms with E-state index in [9.17, 15) is 22.8 Å². The number of carbonyl (C=O) groups excluding carboxylic acids is 2. The van der Waals surface area contributed by atoms with E-state index in [4.69, 9.17) is 16.3 Å². The first kappa shape index (κ1) is 21.6. The van der Waals surface area contributed by atoms with Crippen molar-refractivity contribution in [3.8, 4) is 5.75 Å². The highest BCUT2D eigenvalue weighted by molar-refractivity contribution is 6.33. The first-order valence-corrected chi connectivity index (χ1v) is 8.76. The van der Waals surface area contributed by atoms with Gasteiger partial charge in [0.2, 0.25) is 5.91 Å². The molecule has 0 radical (unpaired) electrons. The molecule has 9 heteroatoms. The number of rotatable bonds is 7. The number of halogens is 4. The molecule has 0 atom stereocenters. The molecule has 28 heavy (non-hydrogen) atoms. The average Bonchev–Trinajstić information content (AvgIpc) is 2.62. The second-order valence-electron chi connectivity index (χ2n) is 5.86. The van der Waals surface area contributed by atoms with E-state index in [1.54, 1.807) is 6.07 Å². The maximum atomic E-state index is 12.7. The molecule has 0 aromatic heterocycles. The van der Waals surface area contributed by atoms with E-state index in [0.29, 0.717) is 18.5 Å². The third-order valence-corrected chi connectivity index (χ3v) is 3.86. The van der Waals surface area contributed by atoms with Crippen molar-refractivity contribution in [1.82, 2.24) is 0 Å². The molecule has 0 heterocycles. The Balaban J connectivity index is 1.98. The summed E-state index contributed by atoms with van der Waals surface area (Å²) >= 11 is 6.03. The Kier molecular flexibility index (Phi) is 7.28. The molecule has 2 N–H and O–H groups in total. The van der Waals surface area contributed by atoms with E-state index in [2.05, 4.69) is 10.6 Å². The summed E-state index contributed by atoms with van der Waals surface area (Å²) in [5, 5.41) is 5.41. The van der Waals surface area contributed by atoms with E-state index in [0.717, 1.165) is 12.1 Å². The Morgan fingerprint density at radius 1 is 1.07 bits per heavy atom. The number of hydrogen-bond donors (Lipinski definition) is 2. The first-order chi connectivity index (χ1) is 13.2. The van der Waals surface area contributed by atoms with Gasteiger partial charge in [0.15, 0.2) is 6.61 Å². The highest BCUT2D eigenvalue weighted by Crippen LogP contribution is 2.31. The van der Waals surface area contributed by atoms with Crippen LogP contribution in [0.15, 0.2) is 42.5 Å². The summed E-state index contributed by atoms with van der Waals surface area (Å²) in [4.78, 5) is 23.7. The summed E-state index contributed by atoms with van der Waals surface area (Å²) in [6, 6.07) is 8.80. The Hall–Kier alpha value is -2.74. The van der Waals surface area contributed by atoms with Crippen molar-refractivity contribution in [2.24, 2.45) is 0 Å². The number of alkyl halides is 3. The van der Waals surface area contributed by atoms with Crippen molar-refractivity contribution in [2.75, 3.05) is 17.2 Å². The fourth-order valence-electron chi connectivity index (χ4n) is 2.25. The van der Waals surface area contributed by atoms with Crippen LogP contribution in [-0.4, -0.2) is 18.4 Å². The lowest BCUT2D eigenvalue weighted by molar-refractivity contribution is -0.137. The van der Waals surface area contributed by atoms with Crippen LogP contribution in [-0.2, 0) is 15.8 Å². The number of nitrogens with one attached hydrogen (secondary N) is 2. The van der Waals surface area contributed by atoms with Crippen molar-refractivity contribution in [3.05, 3.63) is 53.1 Å². The van der Waals surface area contributed by atoms with Gasteiger partial charge in [0, 0.05) is 12.1 Å². The molecule has 5 nitrogen and oxygen atoms in total. The van der Waals surface area contributed by atoms with Crippen LogP contribution in [0.1, 0.15) is 25.3 Å². The number of hydrogen-bond acceptors (Lipinski definition) is 3. The van der Waals surface area contributed by atoms with Crippen molar-refractivity contribution >= 4 is 34.8 Å². The van der Waals surface area contributed by atoms with Gasteiger partial charge in [-0.1, -0.05) is 24.6 Å². The molecule has 0 aliphatic carbocycles. The fraction of sp³-hybridized carbons (Fsp3) is 0.263. The molecule has 0 unspecified atom stereocenters. The van der Waals surface area contributed by atoms with Crippen molar-refractivity contribution in [3.63, 3.8) is 0 Å². The van der Waals surface area contributed by atoms with E-state index in [-0.39, 0.29) is 22.4 Å². The van der Waals surface area contributed by atoms with Gasteiger partial charge >= 0.3 is 6.18 Å². The molecule has 2 amide bonds. The monoisotopic (exact) mass is 414 g/mol. The Morgan fingerprint density at radius 2 is 1.82 bits per heavy atom. The minimum atomic E-state index is -4.50. The van der Waals surface area contributed by atoms with Crippen LogP contribution in [0, 0.1) is 0 Å². The molecular formula is C19H18ClF3N2O3. The third-order valence-electron chi connectivity index (χ3n) is 3.53. The molecule has 0 saturated carbocycles. The second kappa shape index (κ2) is 9.45. The molecular weight excluding hydrogens is 397 g/mol. The summed E-state index contributed by atoms with van der Waals surface area (Å²) < 4.78 is 43.2. The molecule has 2 aromatic rings. The van der Waals surface area contributed by atoms with Crippen LogP contribution < -0.4 is 15.4 Å². The SMILES string of the molecule is CCCC(=O)Nc1ccc(Cl)c(NC(=O)COc2cccc(C(F)(F)F)c2)c1. The van der Waals surface area contributed by atoms with Gasteiger partial charge in [-0.3, -0.25) is 9.59 Å². The zero-order chi connectivity index (χ0) is 20.7. The van der Waals surface area contributed by atoms with Crippen LogP contribution >= 0.6 is 11.6 Å². The number of amides is 2. The van der Waals surface area contributed by atoms with Gasteiger partial charge in [-0.25, -0.2) is 0 Å². The van der Waals surface area contributed by atoms with Gasteiger partial charge < -0.3 is 15.4 Å². The van der Waals surface area contributed by atoms with Crippen molar-refractivity contribution in [1.29, 1.82) is 0 Å². The lowest BCUT2D eigenvalue weighted by atomic mass is 10.2. The molecule has 2 aromatic carbocycles. The predicted octanol–water partition coefficient (Wildman–Crippen LogP) is 5.11. The topological polar surface area (TPSA) is 67.4 Å². The summed E-state index contributed by atoms with van der Waals surface area (Å²) in [5.74, 6) is -0.872. The van der Waals surface area contributed by atoms with Crippen molar-refractivity contribution < 1.29 is 27.5 Å². The van der Waals surface area contributed by atoms with E-state index in [1.807, 2.05) is 6.92 Å². The number of benzene rings is 2. The van der Waals surface area contributed by atoms with Gasteiger partial charge in [0.1, 0.15) is 5.75 Å². The largest absolute Gasteiger partial charge is 0.484 e. The van der Waals surface area contributed by atoms with Crippen LogP contribution in [0.5, 0.6) is 5.75 Å². The van der Waals surface area contributed by atoms with Crippen molar-refractivity contribution in [2.45, 2.75) is 25.9 Å². The second-order valence-corrected chi connectivity index (χ2v) is 6.26. The minimum Gasteiger partial charge on any atom is -0.484 e. The normalized spacial score (nSPS) is 11.0. The quantitative estimate of drug-likeness (QED) is 0.661. The molecule has 0 bridgehead atoms. The maximum absolute atomic E-state index is 12.7. The predicted molar refractivity (Wildman–Crippen MR) is 101 cm³/mol. The molecule has 0 aliphatic rings. The third kappa shape index (κ3) is 6.45. The number of ether oxygens (including phenoxy) is 1. The van der Waals surface area contributed by atoms with Gasteiger partial charge in [0.25, 0.3) is 5.91 Å². The lowest BCUT2D eigenvalue weighted by Crippen LogP contribution is -2.20. The zero-order valence-corrected chi connectivity index (χ0v) is 15.7. The standard InChI is InChI=1S/C19H18ClF3N2O3/c1-2-4-17(26)24-13-7-8-15(20)16(10-13)25-18(27)11-28-14-6-3-5-12(9-14)19(21,22)23/h3,5-10H,2,4,11H2,1H3,(H,24,26)(H,25,27). The number of anilines is 2. The Labute approximate surface area is 164 Å². The maximum Gasteiger partial charge on any atom is 0.416 e. The molecule has 150 valence electrons. The van der Waals surface area contributed by atoms with Gasteiger partial charge in [0.05, 0.1) is 16.3 Å². The average molecular weight is 415 g/mol. The Morgan fingerprint density at radius 3 is 2.50 bits per heavy atom. The molecule has 0 aliphatic heterocycles. The van der Waals surface area contributed by atoms with Crippen LogP contribution in [0.3, 0.4) is 0 Å². The van der Waals surface area contributed by atoms with E-state index < -0.39 is 24.3 Å². The highest BCUT2D eigenvalue weighted by Gasteiger charge is 2.30. The molecule has 2 rings (SSSR count). The van der Waals surface area contributed by atoms with Gasteiger partial charge in [-0.05, 0) is 42.8 Å². The highest BCUT2D eigenvalue weighted by atomic mass is 35.5.